The second kappa shape index (κ2) is 7.00. The standard InChI is InChI=1S/C11H13Cl3N2/c1-2-3-4-5-15-16-11-9(13)6-8(12)7-10(11)14/h5-7,16H,2-4H2,1H3. The van der Waals surface area contributed by atoms with Crippen LogP contribution in [-0.2, 0) is 0 Å². The summed E-state index contributed by atoms with van der Waals surface area (Å²) in [4.78, 5) is 0. The van der Waals surface area contributed by atoms with E-state index in [1.807, 2.05) is 6.21 Å². The van der Waals surface area contributed by atoms with Crippen molar-refractivity contribution < 1.29 is 0 Å². The smallest absolute Gasteiger partial charge is 0.0935 e. The van der Waals surface area contributed by atoms with Gasteiger partial charge in [0.1, 0.15) is 0 Å². The molecule has 0 spiro atoms. The molecule has 88 valence electrons. The molecule has 1 rings (SSSR count). The molecule has 0 amide bonds. The third kappa shape index (κ3) is 4.20. The first kappa shape index (κ1) is 13.6. The number of hydrogen-bond acceptors (Lipinski definition) is 2. The van der Waals surface area contributed by atoms with Gasteiger partial charge in [-0.2, -0.15) is 5.10 Å². The lowest BCUT2D eigenvalue weighted by molar-refractivity contribution is 0.842. The fraction of sp³-hybridized carbons (Fsp3) is 0.364. The van der Waals surface area contributed by atoms with Crippen LogP contribution in [0.1, 0.15) is 26.2 Å². The Morgan fingerprint density at radius 2 is 1.88 bits per heavy atom. The molecule has 0 aromatic heterocycles. The molecule has 0 unspecified atom stereocenters. The molecule has 1 N–H and O–H groups in total. The summed E-state index contributed by atoms with van der Waals surface area (Å²) in [7, 11) is 0. The van der Waals surface area contributed by atoms with Crippen molar-refractivity contribution >= 4 is 46.7 Å². The van der Waals surface area contributed by atoms with Crippen molar-refractivity contribution in [3.63, 3.8) is 0 Å². The fourth-order valence-electron chi connectivity index (χ4n) is 1.12. The minimum absolute atomic E-state index is 0.463. The Hall–Kier alpha value is -0.440. The van der Waals surface area contributed by atoms with Crippen molar-refractivity contribution in [2.45, 2.75) is 26.2 Å². The maximum absolute atomic E-state index is 5.97. The highest BCUT2D eigenvalue weighted by Gasteiger charge is 2.06. The molecular weight excluding hydrogens is 266 g/mol. The van der Waals surface area contributed by atoms with Crippen LogP contribution in [0.3, 0.4) is 0 Å². The van der Waals surface area contributed by atoms with Crippen LogP contribution in [0.25, 0.3) is 0 Å². The van der Waals surface area contributed by atoms with E-state index in [2.05, 4.69) is 17.5 Å². The van der Waals surface area contributed by atoms with Crippen molar-refractivity contribution in [3.8, 4) is 0 Å². The van der Waals surface area contributed by atoms with Crippen molar-refractivity contribution in [2.75, 3.05) is 5.43 Å². The van der Waals surface area contributed by atoms with Gasteiger partial charge in [-0.25, -0.2) is 0 Å². The molecule has 0 aliphatic rings. The van der Waals surface area contributed by atoms with Crippen LogP contribution in [0.15, 0.2) is 17.2 Å². The summed E-state index contributed by atoms with van der Waals surface area (Å²) in [5.41, 5.74) is 3.40. The van der Waals surface area contributed by atoms with Crippen LogP contribution in [0, 0.1) is 0 Å². The van der Waals surface area contributed by atoms with Crippen molar-refractivity contribution in [1.82, 2.24) is 0 Å². The molecule has 1 aromatic rings. The maximum Gasteiger partial charge on any atom is 0.0935 e. The molecule has 0 heterocycles. The van der Waals surface area contributed by atoms with E-state index in [4.69, 9.17) is 34.8 Å². The Kier molecular flexibility index (Phi) is 5.96. The number of hydrogen-bond donors (Lipinski definition) is 1. The third-order valence-electron chi connectivity index (χ3n) is 1.96. The Morgan fingerprint density at radius 3 is 2.44 bits per heavy atom. The molecule has 0 bridgehead atoms. The van der Waals surface area contributed by atoms with E-state index in [-0.39, 0.29) is 0 Å². The Bertz CT molecular complexity index is 354. The zero-order chi connectivity index (χ0) is 12.0. The maximum atomic E-state index is 5.97. The van der Waals surface area contributed by atoms with Crippen LogP contribution in [-0.4, -0.2) is 6.21 Å². The monoisotopic (exact) mass is 278 g/mol. The predicted octanol–water partition coefficient (Wildman–Crippen LogP) is 5.23. The van der Waals surface area contributed by atoms with Gasteiger partial charge in [-0.3, -0.25) is 5.43 Å². The molecule has 0 radical (unpaired) electrons. The molecule has 0 saturated carbocycles. The second-order valence-corrected chi connectivity index (χ2v) is 4.56. The summed E-state index contributed by atoms with van der Waals surface area (Å²) in [6.07, 6.45) is 5.01. The largest absolute Gasteiger partial charge is 0.276 e. The number of halogens is 3. The highest BCUT2D eigenvalue weighted by Crippen LogP contribution is 2.33. The average molecular weight is 280 g/mol. The Labute approximate surface area is 111 Å². The van der Waals surface area contributed by atoms with Crippen LogP contribution >= 0.6 is 34.8 Å². The number of nitrogens with zero attached hydrogens (tertiary/aromatic N) is 1. The topological polar surface area (TPSA) is 24.4 Å². The van der Waals surface area contributed by atoms with Gasteiger partial charge in [0, 0.05) is 11.2 Å². The molecule has 16 heavy (non-hydrogen) atoms. The molecule has 5 heteroatoms. The summed E-state index contributed by atoms with van der Waals surface area (Å²) >= 11 is 17.7. The average Bonchev–Trinajstić information content (AvgIpc) is 2.20. The van der Waals surface area contributed by atoms with Crippen LogP contribution < -0.4 is 5.43 Å². The lowest BCUT2D eigenvalue weighted by Crippen LogP contribution is -1.92. The van der Waals surface area contributed by atoms with Gasteiger partial charge in [0.05, 0.1) is 15.7 Å². The van der Waals surface area contributed by atoms with Crippen molar-refractivity contribution in [1.29, 1.82) is 0 Å². The van der Waals surface area contributed by atoms with Crippen LogP contribution in [0.2, 0.25) is 15.1 Å². The van der Waals surface area contributed by atoms with E-state index >= 15 is 0 Å². The van der Waals surface area contributed by atoms with Crippen LogP contribution in [0.5, 0.6) is 0 Å². The van der Waals surface area contributed by atoms with Gasteiger partial charge in [-0.15, -0.1) is 0 Å². The molecule has 0 aliphatic heterocycles. The van der Waals surface area contributed by atoms with Gasteiger partial charge in [0.15, 0.2) is 0 Å². The second-order valence-electron chi connectivity index (χ2n) is 3.31. The van der Waals surface area contributed by atoms with Crippen molar-refractivity contribution in [2.24, 2.45) is 5.10 Å². The van der Waals surface area contributed by atoms with E-state index < -0.39 is 0 Å². The van der Waals surface area contributed by atoms with Gasteiger partial charge < -0.3 is 0 Å². The molecule has 2 nitrogen and oxygen atoms in total. The minimum atomic E-state index is 0.463. The Morgan fingerprint density at radius 1 is 1.25 bits per heavy atom. The normalized spacial score (nSPS) is 11.0. The third-order valence-corrected chi connectivity index (χ3v) is 2.78. The first-order chi connectivity index (χ1) is 7.65. The van der Waals surface area contributed by atoms with E-state index in [1.54, 1.807) is 12.1 Å². The molecule has 0 saturated heterocycles. The summed E-state index contributed by atoms with van der Waals surface area (Å²) < 4.78 is 0. The molecule has 1 aromatic carbocycles. The van der Waals surface area contributed by atoms with Gasteiger partial charge >= 0.3 is 0 Å². The number of nitrogens with one attached hydrogen (secondary N) is 1. The summed E-state index contributed by atoms with van der Waals surface area (Å²) in [6.45, 7) is 2.13. The van der Waals surface area contributed by atoms with Gasteiger partial charge in [-0.1, -0.05) is 48.1 Å². The number of rotatable bonds is 5. The highest BCUT2D eigenvalue weighted by molar-refractivity contribution is 6.41. The van der Waals surface area contributed by atoms with Gasteiger partial charge in [0.2, 0.25) is 0 Å². The first-order valence-electron chi connectivity index (χ1n) is 5.07. The zero-order valence-corrected chi connectivity index (χ0v) is 11.2. The number of anilines is 1. The van der Waals surface area contributed by atoms with E-state index in [0.717, 1.165) is 19.3 Å². The minimum Gasteiger partial charge on any atom is -0.276 e. The number of hydrazone groups is 1. The van der Waals surface area contributed by atoms with Crippen molar-refractivity contribution in [3.05, 3.63) is 27.2 Å². The first-order valence-corrected chi connectivity index (χ1v) is 6.20. The Balaban J connectivity index is 2.63. The van der Waals surface area contributed by atoms with Gasteiger partial charge in [-0.05, 0) is 25.0 Å². The molecule has 0 fully saturated rings. The zero-order valence-electron chi connectivity index (χ0n) is 8.93. The summed E-state index contributed by atoms with van der Waals surface area (Å²) in [5, 5.41) is 5.48. The lowest BCUT2D eigenvalue weighted by Gasteiger charge is -2.06. The lowest BCUT2D eigenvalue weighted by atomic mass is 10.3. The quantitative estimate of drug-likeness (QED) is 0.445. The predicted molar refractivity (Wildman–Crippen MR) is 73.1 cm³/mol. The molecule has 0 aliphatic carbocycles. The summed E-state index contributed by atoms with van der Waals surface area (Å²) in [6, 6.07) is 3.25. The molecular formula is C11H13Cl3N2. The molecule has 0 atom stereocenters. The fourth-order valence-corrected chi connectivity index (χ4v) is 2.02. The highest BCUT2D eigenvalue weighted by atomic mass is 35.5. The number of unbranched alkanes of at least 4 members (excludes halogenated alkanes) is 2. The van der Waals surface area contributed by atoms with Gasteiger partial charge in [0.25, 0.3) is 0 Å². The summed E-state index contributed by atoms with van der Waals surface area (Å²) in [5.74, 6) is 0. The number of benzene rings is 1. The van der Waals surface area contributed by atoms with E-state index in [9.17, 15) is 0 Å². The van der Waals surface area contributed by atoms with E-state index in [0.29, 0.717) is 20.8 Å². The van der Waals surface area contributed by atoms with Crippen LogP contribution in [0.4, 0.5) is 5.69 Å². The SMILES string of the molecule is CCCCC=NNc1c(Cl)cc(Cl)cc1Cl. The van der Waals surface area contributed by atoms with E-state index in [1.165, 1.54) is 0 Å².